The van der Waals surface area contributed by atoms with Crippen molar-refractivity contribution in [2.75, 3.05) is 0 Å². The summed E-state index contributed by atoms with van der Waals surface area (Å²) in [5, 5.41) is 0. The van der Waals surface area contributed by atoms with Gasteiger partial charge in [0.15, 0.2) is 0 Å². The smallest absolute Gasteiger partial charge is 0.207 e. The molecule has 0 spiro atoms. The number of hydrogen-bond acceptors (Lipinski definition) is 2. The molecule has 1 N–H and O–H groups in total. The summed E-state index contributed by atoms with van der Waals surface area (Å²) in [5.41, 5.74) is 0.910. The molecule has 0 aliphatic heterocycles. The van der Waals surface area contributed by atoms with Gasteiger partial charge in [0.1, 0.15) is 0 Å². The second kappa shape index (κ2) is 5.15. The third-order valence-corrected chi connectivity index (χ3v) is 3.67. The average molecular weight is 237 g/mol. The van der Waals surface area contributed by atoms with Gasteiger partial charge >= 0.3 is 0 Å². The Kier molecular flexibility index (Phi) is 4.11. The zero-order valence-electron chi connectivity index (χ0n) is 9.40. The highest BCUT2D eigenvalue weighted by Gasteiger charge is 2.16. The van der Waals surface area contributed by atoms with Crippen molar-refractivity contribution in [2.45, 2.75) is 31.2 Å². The van der Waals surface area contributed by atoms with E-state index in [1.165, 1.54) is 0 Å². The summed E-state index contributed by atoms with van der Waals surface area (Å²) in [4.78, 5) is 0.274. The maximum atomic E-state index is 11.9. The van der Waals surface area contributed by atoms with Gasteiger partial charge in [-0.15, -0.1) is 12.3 Å². The Hall–Kier alpha value is -1.31. The fourth-order valence-electron chi connectivity index (χ4n) is 1.33. The molecular weight excluding hydrogens is 222 g/mol. The van der Waals surface area contributed by atoms with Crippen molar-refractivity contribution in [1.29, 1.82) is 0 Å². The first-order chi connectivity index (χ1) is 7.45. The van der Waals surface area contributed by atoms with Crippen molar-refractivity contribution in [3.8, 4) is 12.3 Å². The van der Waals surface area contributed by atoms with Crippen molar-refractivity contribution < 1.29 is 8.42 Å². The number of aryl methyl sites for hydroxylation is 1. The Bertz CT molecular complexity index is 500. The van der Waals surface area contributed by atoms with Gasteiger partial charge in [-0.2, -0.15) is 0 Å². The third kappa shape index (κ3) is 3.37. The lowest BCUT2D eigenvalue weighted by Gasteiger charge is -2.11. The molecule has 1 aromatic carbocycles. The maximum Gasteiger partial charge on any atom is 0.240 e. The monoisotopic (exact) mass is 237 g/mol. The van der Waals surface area contributed by atoms with Crippen LogP contribution in [-0.2, 0) is 10.0 Å². The first kappa shape index (κ1) is 12.8. The molecule has 0 radical (unpaired) electrons. The summed E-state index contributed by atoms with van der Waals surface area (Å²) in [6.45, 7) is 3.59. The summed E-state index contributed by atoms with van der Waals surface area (Å²) in [5.74, 6) is 2.43. The van der Waals surface area contributed by atoms with Crippen molar-refractivity contribution in [2.24, 2.45) is 0 Å². The molecule has 0 saturated heterocycles. The van der Waals surface area contributed by atoms with Gasteiger partial charge in [0.25, 0.3) is 0 Å². The molecule has 86 valence electrons. The van der Waals surface area contributed by atoms with Gasteiger partial charge in [-0.05, 0) is 31.5 Å². The molecule has 1 rings (SSSR count). The van der Waals surface area contributed by atoms with Crippen LogP contribution in [0.25, 0.3) is 0 Å². The standard InChI is InChI=1S/C12H15NO2S/c1-4-6-11(3)13-16(14,15)12-8-5-7-10(2)9-12/h1,5,7-9,11,13H,6H2,2-3H3. The number of sulfonamides is 1. The Labute approximate surface area is 96.9 Å². The van der Waals surface area contributed by atoms with Gasteiger partial charge in [-0.25, -0.2) is 13.1 Å². The van der Waals surface area contributed by atoms with Crippen LogP contribution in [0.15, 0.2) is 29.2 Å². The summed E-state index contributed by atoms with van der Waals surface area (Å²) < 4.78 is 26.3. The molecule has 0 aliphatic carbocycles. The molecule has 0 aromatic heterocycles. The average Bonchev–Trinajstić information content (AvgIpc) is 2.17. The molecule has 0 aliphatic rings. The van der Waals surface area contributed by atoms with Crippen molar-refractivity contribution in [1.82, 2.24) is 4.72 Å². The summed E-state index contributed by atoms with van der Waals surface area (Å²) in [6, 6.07) is 6.51. The Morgan fingerprint density at radius 1 is 1.50 bits per heavy atom. The SMILES string of the molecule is C#CCC(C)NS(=O)(=O)c1cccc(C)c1. The first-order valence-electron chi connectivity index (χ1n) is 4.98. The number of rotatable bonds is 4. The van der Waals surface area contributed by atoms with Crippen LogP contribution in [0, 0.1) is 19.3 Å². The lowest BCUT2D eigenvalue weighted by atomic mass is 10.2. The van der Waals surface area contributed by atoms with E-state index in [9.17, 15) is 8.42 Å². The van der Waals surface area contributed by atoms with Gasteiger partial charge in [-0.1, -0.05) is 12.1 Å². The van der Waals surface area contributed by atoms with Crippen LogP contribution in [0.3, 0.4) is 0 Å². The normalized spacial score (nSPS) is 13.1. The van der Waals surface area contributed by atoms with E-state index < -0.39 is 10.0 Å². The fraction of sp³-hybridized carbons (Fsp3) is 0.333. The first-order valence-corrected chi connectivity index (χ1v) is 6.46. The zero-order chi connectivity index (χ0) is 12.2. The number of hydrogen-bond donors (Lipinski definition) is 1. The number of benzene rings is 1. The van der Waals surface area contributed by atoms with Gasteiger partial charge in [0, 0.05) is 12.5 Å². The van der Waals surface area contributed by atoms with Crippen LogP contribution in [0.1, 0.15) is 18.9 Å². The largest absolute Gasteiger partial charge is 0.240 e. The fourth-order valence-corrected chi connectivity index (χ4v) is 2.68. The zero-order valence-corrected chi connectivity index (χ0v) is 10.2. The van der Waals surface area contributed by atoms with Gasteiger partial charge in [0.2, 0.25) is 10.0 Å². The summed E-state index contributed by atoms with van der Waals surface area (Å²) >= 11 is 0. The lowest BCUT2D eigenvalue weighted by molar-refractivity contribution is 0.563. The quantitative estimate of drug-likeness (QED) is 0.810. The molecule has 0 heterocycles. The molecule has 0 fully saturated rings. The van der Waals surface area contributed by atoms with Crippen molar-refractivity contribution in [3.05, 3.63) is 29.8 Å². The highest BCUT2D eigenvalue weighted by atomic mass is 32.2. The van der Waals surface area contributed by atoms with Crippen LogP contribution < -0.4 is 4.72 Å². The highest BCUT2D eigenvalue weighted by Crippen LogP contribution is 2.11. The number of terminal acetylenes is 1. The van der Waals surface area contributed by atoms with Gasteiger partial charge in [0.05, 0.1) is 4.90 Å². The van der Waals surface area contributed by atoms with Crippen molar-refractivity contribution >= 4 is 10.0 Å². The summed E-state index contributed by atoms with van der Waals surface area (Å²) in [7, 11) is -3.45. The number of nitrogens with one attached hydrogen (secondary N) is 1. The Morgan fingerprint density at radius 3 is 2.75 bits per heavy atom. The Morgan fingerprint density at radius 2 is 2.19 bits per heavy atom. The minimum atomic E-state index is -3.45. The van der Waals surface area contributed by atoms with E-state index in [0.29, 0.717) is 6.42 Å². The van der Waals surface area contributed by atoms with E-state index >= 15 is 0 Å². The lowest BCUT2D eigenvalue weighted by Crippen LogP contribution is -2.32. The molecular formula is C12H15NO2S. The van der Waals surface area contributed by atoms with E-state index in [1.807, 2.05) is 13.0 Å². The van der Waals surface area contributed by atoms with Crippen LogP contribution >= 0.6 is 0 Å². The van der Waals surface area contributed by atoms with Gasteiger partial charge < -0.3 is 0 Å². The minimum absolute atomic E-state index is 0.254. The van der Waals surface area contributed by atoms with E-state index in [1.54, 1.807) is 25.1 Å². The van der Waals surface area contributed by atoms with Gasteiger partial charge in [-0.3, -0.25) is 0 Å². The second-order valence-corrected chi connectivity index (χ2v) is 5.46. The topological polar surface area (TPSA) is 46.2 Å². The van der Waals surface area contributed by atoms with E-state index in [0.717, 1.165) is 5.56 Å². The molecule has 1 unspecified atom stereocenters. The molecule has 0 amide bonds. The van der Waals surface area contributed by atoms with Crippen LogP contribution in [0.2, 0.25) is 0 Å². The van der Waals surface area contributed by atoms with Crippen LogP contribution in [0.4, 0.5) is 0 Å². The predicted molar refractivity (Wildman–Crippen MR) is 64.4 cm³/mol. The van der Waals surface area contributed by atoms with Crippen molar-refractivity contribution in [3.63, 3.8) is 0 Å². The predicted octanol–water partition coefficient (Wildman–Crippen LogP) is 1.69. The van der Waals surface area contributed by atoms with E-state index in [2.05, 4.69) is 10.6 Å². The molecule has 4 heteroatoms. The molecule has 16 heavy (non-hydrogen) atoms. The highest BCUT2D eigenvalue weighted by molar-refractivity contribution is 7.89. The second-order valence-electron chi connectivity index (χ2n) is 3.75. The third-order valence-electron chi connectivity index (χ3n) is 2.08. The molecule has 3 nitrogen and oxygen atoms in total. The van der Waals surface area contributed by atoms with E-state index in [-0.39, 0.29) is 10.9 Å². The van der Waals surface area contributed by atoms with Crippen LogP contribution in [-0.4, -0.2) is 14.5 Å². The minimum Gasteiger partial charge on any atom is -0.207 e. The molecule has 0 saturated carbocycles. The van der Waals surface area contributed by atoms with Crippen LogP contribution in [0.5, 0.6) is 0 Å². The summed E-state index contributed by atoms with van der Waals surface area (Å²) in [6.07, 6.45) is 5.51. The Balaban J connectivity index is 2.91. The molecule has 1 aromatic rings. The molecule has 1 atom stereocenters. The molecule has 0 bridgehead atoms. The van der Waals surface area contributed by atoms with E-state index in [4.69, 9.17) is 6.42 Å². The maximum absolute atomic E-state index is 11.9.